The lowest BCUT2D eigenvalue weighted by Crippen LogP contribution is -2.49. The van der Waals surface area contributed by atoms with Gasteiger partial charge in [-0.2, -0.15) is 0 Å². The van der Waals surface area contributed by atoms with E-state index in [1.807, 2.05) is 12.1 Å². The van der Waals surface area contributed by atoms with Crippen LogP contribution in [0.3, 0.4) is 0 Å². The zero-order valence-electron chi connectivity index (χ0n) is 17.0. The topological polar surface area (TPSA) is 123 Å². The number of thiocarbonyl (C=S) groups is 1. The number of amides is 2. The van der Waals surface area contributed by atoms with Crippen LogP contribution in [0, 0.1) is 10.1 Å². The molecule has 2 rings (SSSR count). The molecule has 2 amide bonds. The average Bonchev–Trinajstić information content (AvgIpc) is 2.70. The molecular formula is C20H21BrN4O5S. The Labute approximate surface area is 192 Å². The first-order valence-electron chi connectivity index (χ1n) is 9.05. The van der Waals surface area contributed by atoms with E-state index in [0.717, 1.165) is 16.1 Å². The molecule has 0 spiro atoms. The number of halogens is 1. The Morgan fingerprint density at radius 1 is 1.16 bits per heavy atom. The number of carbonyl (C=O) groups excluding carboxylic acids is 2. The second-order valence-electron chi connectivity index (χ2n) is 7.45. The van der Waals surface area contributed by atoms with Gasteiger partial charge in [0, 0.05) is 17.7 Å². The molecule has 0 radical (unpaired) electrons. The van der Waals surface area contributed by atoms with Crippen molar-refractivity contribution >= 4 is 50.8 Å². The summed E-state index contributed by atoms with van der Waals surface area (Å²) >= 11 is 8.37. The molecule has 11 heteroatoms. The molecule has 31 heavy (non-hydrogen) atoms. The Balaban J connectivity index is 1.82. The Morgan fingerprint density at radius 3 is 2.48 bits per heavy atom. The predicted molar refractivity (Wildman–Crippen MR) is 123 cm³/mol. The van der Waals surface area contributed by atoms with Crippen LogP contribution in [0.2, 0.25) is 0 Å². The fourth-order valence-corrected chi connectivity index (χ4v) is 2.99. The monoisotopic (exact) mass is 508 g/mol. The SMILES string of the molecule is CC(C)(C)c1ccc(OCC(=O)NNC(=S)NC(=O)c2cccc([N+](=O)[O-])c2)c(Br)c1. The van der Waals surface area contributed by atoms with Crippen LogP contribution in [0.5, 0.6) is 5.75 Å². The molecule has 0 aliphatic heterocycles. The van der Waals surface area contributed by atoms with Crippen molar-refractivity contribution in [2.45, 2.75) is 26.2 Å². The molecule has 0 aliphatic carbocycles. The van der Waals surface area contributed by atoms with Gasteiger partial charge < -0.3 is 4.74 Å². The first kappa shape index (κ1) is 24.2. The summed E-state index contributed by atoms with van der Waals surface area (Å²) < 4.78 is 6.21. The summed E-state index contributed by atoms with van der Waals surface area (Å²) in [4.78, 5) is 34.3. The van der Waals surface area contributed by atoms with E-state index < -0.39 is 16.7 Å². The number of carbonyl (C=O) groups is 2. The third-order valence-electron chi connectivity index (χ3n) is 4.02. The minimum atomic E-state index is -0.658. The summed E-state index contributed by atoms with van der Waals surface area (Å²) in [6.07, 6.45) is 0. The fourth-order valence-electron chi connectivity index (χ4n) is 2.36. The summed E-state index contributed by atoms with van der Waals surface area (Å²) in [6, 6.07) is 10.8. The van der Waals surface area contributed by atoms with Crippen molar-refractivity contribution in [2.24, 2.45) is 0 Å². The lowest BCUT2D eigenvalue weighted by Gasteiger charge is -2.20. The number of nitro groups is 1. The standard InChI is InChI=1S/C20H21BrN4O5S/c1-20(2,3)13-7-8-16(15(21)10-13)30-11-17(26)23-24-19(31)22-18(27)12-5-4-6-14(9-12)25(28)29/h4-10H,11H2,1-3H3,(H,23,26)(H2,22,24,27,31). The number of hydrogen-bond acceptors (Lipinski definition) is 6. The van der Waals surface area contributed by atoms with Gasteiger partial charge in [0.2, 0.25) is 0 Å². The maximum Gasteiger partial charge on any atom is 0.276 e. The van der Waals surface area contributed by atoms with Crippen LogP contribution < -0.4 is 20.9 Å². The van der Waals surface area contributed by atoms with Crippen molar-refractivity contribution in [1.82, 2.24) is 16.2 Å². The van der Waals surface area contributed by atoms with Crippen molar-refractivity contribution in [2.75, 3.05) is 6.61 Å². The van der Waals surface area contributed by atoms with E-state index in [9.17, 15) is 19.7 Å². The van der Waals surface area contributed by atoms with E-state index in [1.54, 1.807) is 6.07 Å². The van der Waals surface area contributed by atoms with E-state index in [0.29, 0.717) is 5.75 Å². The van der Waals surface area contributed by atoms with Crippen molar-refractivity contribution in [3.8, 4) is 5.75 Å². The van der Waals surface area contributed by atoms with Crippen LogP contribution >= 0.6 is 28.1 Å². The lowest BCUT2D eigenvalue weighted by molar-refractivity contribution is -0.384. The van der Waals surface area contributed by atoms with E-state index in [1.165, 1.54) is 18.2 Å². The Kier molecular flexibility index (Phi) is 8.06. The molecule has 0 unspecified atom stereocenters. The molecule has 0 saturated carbocycles. The Bertz CT molecular complexity index is 1020. The van der Waals surface area contributed by atoms with Gasteiger partial charge in [0.1, 0.15) is 5.75 Å². The first-order chi connectivity index (χ1) is 14.5. The zero-order valence-corrected chi connectivity index (χ0v) is 19.4. The number of ether oxygens (including phenoxy) is 1. The zero-order chi connectivity index (χ0) is 23.2. The van der Waals surface area contributed by atoms with Crippen LogP contribution in [-0.4, -0.2) is 28.5 Å². The number of non-ortho nitro benzene ring substituents is 1. The smallest absolute Gasteiger partial charge is 0.276 e. The number of hydrogen-bond donors (Lipinski definition) is 3. The predicted octanol–water partition coefficient (Wildman–Crippen LogP) is 3.37. The number of benzene rings is 2. The summed E-state index contributed by atoms with van der Waals surface area (Å²) in [5.74, 6) is -0.682. The van der Waals surface area contributed by atoms with E-state index in [4.69, 9.17) is 17.0 Å². The normalized spacial score (nSPS) is 10.7. The molecule has 0 bridgehead atoms. The molecule has 0 fully saturated rings. The molecular weight excluding hydrogens is 488 g/mol. The summed E-state index contributed by atoms with van der Waals surface area (Å²) in [5.41, 5.74) is 5.60. The van der Waals surface area contributed by atoms with Gasteiger partial charge in [0.25, 0.3) is 17.5 Å². The van der Waals surface area contributed by atoms with Gasteiger partial charge in [-0.1, -0.05) is 32.9 Å². The Morgan fingerprint density at radius 2 is 1.87 bits per heavy atom. The maximum absolute atomic E-state index is 12.1. The molecule has 164 valence electrons. The fraction of sp³-hybridized carbons (Fsp3) is 0.250. The van der Waals surface area contributed by atoms with Crippen molar-refractivity contribution in [3.05, 3.63) is 68.2 Å². The van der Waals surface area contributed by atoms with Gasteiger partial charge in [-0.25, -0.2) is 0 Å². The number of nitrogens with one attached hydrogen (secondary N) is 3. The molecule has 2 aromatic carbocycles. The second kappa shape index (κ2) is 10.3. The van der Waals surface area contributed by atoms with Crippen LogP contribution in [-0.2, 0) is 10.2 Å². The first-order valence-corrected chi connectivity index (χ1v) is 10.2. The van der Waals surface area contributed by atoms with Gasteiger partial charge in [-0.3, -0.25) is 35.9 Å². The van der Waals surface area contributed by atoms with Gasteiger partial charge in [-0.05, 0) is 57.3 Å². The molecule has 2 aromatic rings. The van der Waals surface area contributed by atoms with Gasteiger partial charge >= 0.3 is 0 Å². The quantitative estimate of drug-likeness (QED) is 0.321. The highest BCUT2D eigenvalue weighted by atomic mass is 79.9. The summed E-state index contributed by atoms with van der Waals surface area (Å²) in [6.45, 7) is 5.99. The minimum absolute atomic E-state index is 0.0207. The third kappa shape index (κ3) is 7.30. The highest BCUT2D eigenvalue weighted by molar-refractivity contribution is 9.10. The molecule has 0 heterocycles. The van der Waals surface area contributed by atoms with Crippen LogP contribution in [0.15, 0.2) is 46.9 Å². The Hall–Kier alpha value is -3.05. The van der Waals surface area contributed by atoms with E-state index in [2.05, 4.69) is 52.9 Å². The summed E-state index contributed by atoms with van der Waals surface area (Å²) in [5, 5.41) is 12.9. The molecule has 9 nitrogen and oxygen atoms in total. The third-order valence-corrected chi connectivity index (χ3v) is 4.84. The average molecular weight is 509 g/mol. The molecule has 0 aromatic heterocycles. The number of rotatable bonds is 5. The van der Waals surface area contributed by atoms with Gasteiger partial charge in [0.05, 0.1) is 9.40 Å². The lowest BCUT2D eigenvalue weighted by atomic mass is 9.87. The number of nitrogens with zero attached hydrogens (tertiary/aromatic N) is 1. The molecule has 0 saturated heterocycles. The van der Waals surface area contributed by atoms with Gasteiger partial charge in [-0.15, -0.1) is 0 Å². The molecule has 3 N–H and O–H groups in total. The van der Waals surface area contributed by atoms with Crippen molar-refractivity contribution in [1.29, 1.82) is 0 Å². The second-order valence-corrected chi connectivity index (χ2v) is 8.71. The molecule has 0 aliphatic rings. The highest BCUT2D eigenvalue weighted by Crippen LogP contribution is 2.31. The van der Waals surface area contributed by atoms with Crippen molar-refractivity contribution in [3.63, 3.8) is 0 Å². The van der Waals surface area contributed by atoms with Crippen LogP contribution in [0.25, 0.3) is 0 Å². The minimum Gasteiger partial charge on any atom is -0.483 e. The van der Waals surface area contributed by atoms with E-state index in [-0.39, 0.29) is 28.4 Å². The van der Waals surface area contributed by atoms with Crippen LogP contribution in [0.1, 0.15) is 36.7 Å². The molecule has 0 atom stereocenters. The number of hydrazine groups is 1. The largest absolute Gasteiger partial charge is 0.483 e. The summed E-state index contributed by atoms with van der Waals surface area (Å²) in [7, 11) is 0. The van der Waals surface area contributed by atoms with Crippen LogP contribution in [0.4, 0.5) is 5.69 Å². The maximum atomic E-state index is 12.1. The van der Waals surface area contributed by atoms with E-state index >= 15 is 0 Å². The highest BCUT2D eigenvalue weighted by Gasteiger charge is 2.16. The number of nitro benzene ring substituents is 1. The van der Waals surface area contributed by atoms with Gasteiger partial charge in [0.15, 0.2) is 11.7 Å². The van der Waals surface area contributed by atoms with Crippen molar-refractivity contribution < 1.29 is 19.2 Å².